The van der Waals surface area contributed by atoms with Crippen LogP contribution < -0.4 is 0 Å². The van der Waals surface area contributed by atoms with Crippen LogP contribution in [0.15, 0.2) is 43.0 Å². The van der Waals surface area contributed by atoms with Crippen molar-refractivity contribution >= 4 is 0 Å². The van der Waals surface area contributed by atoms with Crippen molar-refractivity contribution in [3.63, 3.8) is 0 Å². The molecule has 0 radical (unpaired) electrons. The highest BCUT2D eigenvalue weighted by Gasteiger charge is 2.12. The molecule has 0 aliphatic rings. The van der Waals surface area contributed by atoms with E-state index in [9.17, 15) is 9.50 Å². The maximum Gasteiger partial charge on any atom is 0.231 e. The molecule has 3 aromatic heterocycles. The Morgan fingerprint density at radius 1 is 1.11 bits per heavy atom. The van der Waals surface area contributed by atoms with Crippen molar-refractivity contribution in [3.8, 4) is 23.0 Å². The molecule has 0 spiro atoms. The zero-order valence-corrected chi connectivity index (χ0v) is 9.60. The fraction of sp³-hybridized carbons (Fsp3) is 0. The zero-order chi connectivity index (χ0) is 13.2. The van der Waals surface area contributed by atoms with Gasteiger partial charge in [-0.05, 0) is 12.1 Å². The summed E-state index contributed by atoms with van der Waals surface area (Å²) >= 11 is 0. The molecule has 0 saturated carbocycles. The Hall–Kier alpha value is -2.83. The Kier molecular flexibility index (Phi) is 2.64. The molecule has 0 aliphatic heterocycles. The summed E-state index contributed by atoms with van der Waals surface area (Å²) in [4.78, 5) is 11.6. The third-order valence-corrected chi connectivity index (χ3v) is 2.49. The van der Waals surface area contributed by atoms with E-state index in [2.05, 4.69) is 20.1 Å². The van der Waals surface area contributed by atoms with Gasteiger partial charge in [0.15, 0.2) is 5.82 Å². The SMILES string of the molecule is Oc1cc(-c2ccc(F)nc2)n(-c2cnccn2)n1. The second-order valence-electron chi connectivity index (χ2n) is 3.73. The quantitative estimate of drug-likeness (QED) is 0.705. The van der Waals surface area contributed by atoms with Crippen molar-refractivity contribution in [2.45, 2.75) is 0 Å². The maximum absolute atomic E-state index is 12.8. The van der Waals surface area contributed by atoms with Gasteiger partial charge < -0.3 is 5.11 Å². The Morgan fingerprint density at radius 3 is 2.68 bits per heavy atom. The fourth-order valence-electron chi connectivity index (χ4n) is 1.68. The first-order valence-corrected chi connectivity index (χ1v) is 5.41. The number of aromatic nitrogens is 5. The summed E-state index contributed by atoms with van der Waals surface area (Å²) in [5.74, 6) is -0.286. The molecule has 7 heteroatoms. The monoisotopic (exact) mass is 257 g/mol. The molecule has 3 heterocycles. The molecule has 94 valence electrons. The number of hydrogen-bond acceptors (Lipinski definition) is 5. The van der Waals surface area contributed by atoms with Crippen LogP contribution in [0.1, 0.15) is 0 Å². The number of rotatable bonds is 2. The number of aromatic hydroxyl groups is 1. The Bertz CT molecular complexity index is 696. The van der Waals surface area contributed by atoms with Crippen molar-refractivity contribution in [3.05, 3.63) is 48.9 Å². The lowest BCUT2D eigenvalue weighted by Crippen LogP contribution is -2.02. The predicted molar refractivity (Wildman–Crippen MR) is 64.0 cm³/mol. The largest absolute Gasteiger partial charge is 0.492 e. The summed E-state index contributed by atoms with van der Waals surface area (Å²) in [6.07, 6.45) is 5.91. The van der Waals surface area contributed by atoms with Gasteiger partial charge in [0.2, 0.25) is 11.8 Å². The van der Waals surface area contributed by atoms with Crippen LogP contribution in [-0.2, 0) is 0 Å². The first-order valence-electron chi connectivity index (χ1n) is 5.41. The van der Waals surface area contributed by atoms with Crippen molar-refractivity contribution in [1.82, 2.24) is 24.7 Å². The van der Waals surface area contributed by atoms with E-state index in [1.54, 1.807) is 6.07 Å². The first-order chi connectivity index (χ1) is 9.24. The molecular formula is C12H8FN5O. The molecule has 0 amide bonds. The number of nitrogens with zero attached hydrogens (tertiary/aromatic N) is 5. The molecule has 0 bridgehead atoms. The van der Waals surface area contributed by atoms with Gasteiger partial charge in [0.1, 0.15) is 0 Å². The van der Waals surface area contributed by atoms with Crippen molar-refractivity contribution in [1.29, 1.82) is 0 Å². The third-order valence-electron chi connectivity index (χ3n) is 2.49. The molecule has 0 aliphatic carbocycles. The average molecular weight is 257 g/mol. The van der Waals surface area contributed by atoms with Gasteiger partial charge in [-0.3, -0.25) is 4.98 Å². The molecule has 6 nitrogen and oxygen atoms in total. The molecule has 19 heavy (non-hydrogen) atoms. The van der Waals surface area contributed by atoms with E-state index in [1.807, 2.05) is 0 Å². The lowest BCUT2D eigenvalue weighted by Gasteiger charge is -2.04. The minimum absolute atomic E-state index is 0.162. The van der Waals surface area contributed by atoms with Gasteiger partial charge in [-0.1, -0.05) is 0 Å². The highest BCUT2D eigenvalue weighted by molar-refractivity contribution is 5.61. The average Bonchev–Trinajstić information content (AvgIpc) is 2.83. The smallest absolute Gasteiger partial charge is 0.231 e. The molecule has 3 rings (SSSR count). The molecular weight excluding hydrogens is 249 g/mol. The summed E-state index contributed by atoms with van der Waals surface area (Å²) in [6.45, 7) is 0. The predicted octanol–water partition coefficient (Wildman–Crippen LogP) is 1.57. The summed E-state index contributed by atoms with van der Waals surface area (Å²) in [6, 6.07) is 4.23. The Morgan fingerprint density at radius 2 is 2.00 bits per heavy atom. The highest BCUT2D eigenvalue weighted by atomic mass is 19.1. The lowest BCUT2D eigenvalue weighted by molar-refractivity contribution is 0.447. The number of pyridine rings is 1. The van der Waals surface area contributed by atoms with E-state index >= 15 is 0 Å². The fourth-order valence-corrected chi connectivity index (χ4v) is 1.68. The van der Waals surface area contributed by atoms with E-state index in [-0.39, 0.29) is 5.88 Å². The van der Waals surface area contributed by atoms with E-state index < -0.39 is 5.95 Å². The van der Waals surface area contributed by atoms with Gasteiger partial charge in [-0.2, -0.15) is 4.39 Å². The molecule has 0 aromatic carbocycles. The highest BCUT2D eigenvalue weighted by Crippen LogP contribution is 2.24. The minimum Gasteiger partial charge on any atom is -0.492 e. The van der Waals surface area contributed by atoms with Crippen LogP contribution in [0.25, 0.3) is 17.1 Å². The molecule has 0 atom stereocenters. The molecule has 3 aromatic rings. The summed E-state index contributed by atoms with van der Waals surface area (Å²) in [7, 11) is 0. The standard InChI is InChI=1S/C12H8FN5O/c13-10-2-1-8(6-16-10)9-5-12(19)17-18(9)11-7-14-3-4-15-11/h1-7H,(H,17,19). The van der Waals surface area contributed by atoms with Crippen LogP contribution in [0.5, 0.6) is 5.88 Å². The number of halogens is 1. The third kappa shape index (κ3) is 2.13. The Balaban J connectivity index is 2.15. The molecule has 0 fully saturated rings. The van der Waals surface area contributed by atoms with Crippen LogP contribution >= 0.6 is 0 Å². The van der Waals surface area contributed by atoms with Gasteiger partial charge in [0.05, 0.1) is 11.9 Å². The van der Waals surface area contributed by atoms with Crippen LogP contribution in [-0.4, -0.2) is 29.8 Å². The number of hydrogen-bond donors (Lipinski definition) is 1. The summed E-state index contributed by atoms with van der Waals surface area (Å²) in [5.41, 5.74) is 1.16. The maximum atomic E-state index is 12.8. The molecule has 1 N–H and O–H groups in total. The topological polar surface area (TPSA) is 76.7 Å². The summed E-state index contributed by atoms with van der Waals surface area (Å²) < 4.78 is 14.2. The van der Waals surface area contributed by atoms with Crippen LogP contribution in [0.2, 0.25) is 0 Å². The van der Waals surface area contributed by atoms with Crippen molar-refractivity contribution < 1.29 is 9.50 Å². The van der Waals surface area contributed by atoms with Crippen LogP contribution in [0.3, 0.4) is 0 Å². The lowest BCUT2D eigenvalue weighted by atomic mass is 10.2. The second kappa shape index (κ2) is 4.45. The van der Waals surface area contributed by atoms with Crippen molar-refractivity contribution in [2.75, 3.05) is 0 Å². The van der Waals surface area contributed by atoms with E-state index in [0.717, 1.165) is 0 Å². The normalized spacial score (nSPS) is 10.6. The van der Waals surface area contributed by atoms with Gasteiger partial charge >= 0.3 is 0 Å². The van der Waals surface area contributed by atoms with Gasteiger partial charge in [0.25, 0.3) is 0 Å². The molecule has 0 saturated heterocycles. The summed E-state index contributed by atoms with van der Waals surface area (Å²) in [5, 5.41) is 13.5. The first kappa shape index (κ1) is 11.3. The Labute approximate surface area is 107 Å². The van der Waals surface area contributed by atoms with Gasteiger partial charge in [0, 0.05) is 30.2 Å². The zero-order valence-electron chi connectivity index (χ0n) is 9.60. The molecule has 0 unspecified atom stereocenters. The van der Waals surface area contributed by atoms with Crippen LogP contribution in [0.4, 0.5) is 4.39 Å². The van der Waals surface area contributed by atoms with Gasteiger partial charge in [-0.15, -0.1) is 5.10 Å². The van der Waals surface area contributed by atoms with E-state index in [0.29, 0.717) is 17.1 Å². The minimum atomic E-state index is -0.571. The second-order valence-corrected chi connectivity index (χ2v) is 3.73. The van der Waals surface area contributed by atoms with E-state index in [1.165, 1.54) is 41.6 Å². The van der Waals surface area contributed by atoms with Crippen molar-refractivity contribution in [2.24, 2.45) is 0 Å². The van der Waals surface area contributed by atoms with Gasteiger partial charge in [-0.25, -0.2) is 14.6 Å². The van der Waals surface area contributed by atoms with E-state index in [4.69, 9.17) is 0 Å². The van der Waals surface area contributed by atoms with Crippen LogP contribution in [0, 0.1) is 5.95 Å².